The maximum absolute atomic E-state index is 10.8. The zero-order valence-corrected chi connectivity index (χ0v) is 15.4. The largest absolute Gasteiger partial charge is 0.493 e. The van der Waals surface area contributed by atoms with Gasteiger partial charge in [-0.25, -0.2) is 5.06 Å². The van der Waals surface area contributed by atoms with Crippen molar-refractivity contribution >= 4 is 17.4 Å². The van der Waals surface area contributed by atoms with E-state index in [1.54, 1.807) is 7.11 Å². The molecule has 8 heteroatoms. The molecule has 0 saturated carbocycles. The lowest BCUT2D eigenvalue weighted by Crippen LogP contribution is -2.24. The molecule has 1 unspecified atom stereocenters. The molecule has 0 saturated heterocycles. The summed E-state index contributed by atoms with van der Waals surface area (Å²) >= 11 is 0. The summed E-state index contributed by atoms with van der Waals surface area (Å²) in [5.41, 5.74) is 0.608. The molecule has 0 fully saturated rings. The van der Waals surface area contributed by atoms with Crippen molar-refractivity contribution in [3.05, 3.63) is 30.2 Å². The monoisotopic (exact) mass is 373 g/mol. The Kier molecular flexibility index (Phi) is 6.08. The van der Waals surface area contributed by atoms with Crippen LogP contribution in [0.25, 0.3) is 22.6 Å². The number of carbonyl (C=O) groups excluding carboxylic acids is 1. The lowest BCUT2D eigenvalue weighted by Gasteiger charge is -2.16. The average molecular weight is 373 g/mol. The van der Waals surface area contributed by atoms with Gasteiger partial charge in [-0.3, -0.25) is 10.0 Å². The molecule has 8 nitrogen and oxygen atoms in total. The molecule has 0 bridgehead atoms. The van der Waals surface area contributed by atoms with E-state index in [9.17, 15) is 10.0 Å². The van der Waals surface area contributed by atoms with E-state index >= 15 is 0 Å². The Balaban J connectivity index is 1.85. The van der Waals surface area contributed by atoms with E-state index in [2.05, 4.69) is 17.1 Å². The number of ether oxygens (including phenoxy) is 1. The Bertz CT molecular complexity index is 888. The molecule has 2 heterocycles. The van der Waals surface area contributed by atoms with Crippen LogP contribution in [0, 0.1) is 0 Å². The summed E-state index contributed by atoms with van der Waals surface area (Å²) in [5.74, 6) is 1.44. The summed E-state index contributed by atoms with van der Waals surface area (Å²) in [4.78, 5) is 10.8. The van der Waals surface area contributed by atoms with E-state index in [-0.39, 0.29) is 18.4 Å². The third kappa shape index (κ3) is 4.28. The van der Waals surface area contributed by atoms with Gasteiger partial charge in [-0.2, -0.15) is 0 Å². The van der Waals surface area contributed by atoms with Crippen LogP contribution in [-0.2, 0) is 4.79 Å². The molecule has 0 aliphatic rings. The second kappa shape index (κ2) is 8.68. The Labute approximate surface area is 156 Å². The number of benzene rings is 1. The molecular weight excluding hydrogens is 350 g/mol. The molecule has 3 aromatic rings. The van der Waals surface area contributed by atoms with Crippen LogP contribution in [0.5, 0.6) is 5.75 Å². The van der Waals surface area contributed by atoms with E-state index in [0.29, 0.717) is 34.5 Å². The molecule has 0 aliphatic heterocycles. The fourth-order valence-electron chi connectivity index (χ4n) is 3.00. The van der Waals surface area contributed by atoms with Gasteiger partial charge in [0, 0.05) is 5.39 Å². The van der Waals surface area contributed by atoms with Crippen LogP contribution in [0.1, 0.15) is 44.4 Å². The van der Waals surface area contributed by atoms with E-state index in [1.807, 2.05) is 24.3 Å². The first-order chi connectivity index (χ1) is 13.2. The number of rotatable bonds is 10. The maximum atomic E-state index is 10.8. The zero-order chi connectivity index (χ0) is 19.2. The second-order valence-corrected chi connectivity index (χ2v) is 6.35. The number of carbonyl (C=O) groups is 1. The summed E-state index contributed by atoms with van der Waals surface area (Å²) in [6, 6.07) is 7.40. The highest BCUT2D eigenvalue weighted by atomic mass is 16.5. The number of hydroxylamine groups is 2. The van der Waals surface area contributed by atoms with Crippen molar-refractivity contribution in [3.8, 4) is 17.4 Å². The van der Waals surface area contributed by atoms with Gasteiger partial charge in [0.1, 0.15) is 0 Å². The minimum Gasteiger partial charge on any atom is -0.493 e. The number of furan rings is 1. The lowest BCUT2D eigenvalue weighted by molar-refractivity contribution is -0.151. The normalized spacial score (nSPS) is 12.3. The zero-order valence-electron chi connectivity index (χ0n) is 15.4. The highest BCUT2D eigenvalue weighted by Crippen LogP contribution is 2.33. The Morgan fingerprint density at radius 1 is 1.30 bits per heavy atom. The molecule has 1 aromatic carbocycles. The van der Waals surface area contributed by atoms with Gasteiger partial charge in [0.15, 0.2) is 17.1 Å². The highest BCUT2D eigenvalue weighted by Gasteiger charge is 2.23. The molecule has 1 amide bonds. The number of nitrogens with zero attached hydrogens (tertiary/aromatic N) is 3. The van der Waals surface area contributed by atoms with Crippen LogP contribution >= 0.6 is 0 Å². The highest BCUT2D eigenvalue weighted by molar-refractivity contribution is 5.86. The van der Waals surface area contributed by atoms with Crippen molar-refractivity contribution in [3.63, 3.8) is 0 Å². The molecule has 0 aliphatic carbocycles. The van der Waals surface area contributed by atoms with E-state index < -0.39 is 0 Å². The van der Waals surface area contributed by atoms with Crippen LogP contribution in [0.15, 0.2) is 33.1 Å². The third-order valence-corrected chi connectivity index (χ3v) is 4.41. The maximum Gasteiger partial charge on any atom is 0.283 e. The van der Waals surface area contributed by atoms with E-state index in [1.165, 1.54) is 0 Å². The quantitative estimate of drug-likeness (QED) is 0.248. The van der Waals surface area contributed by atoms with Crippen LogP contribution in [-0.4, -0.2) is 40.5 Å². The number of fused-ring (bicyclic) bond motifs is 1. The fraction of sp³-hybridized carbons (Fsp3) is 0.421. The molecule has 144 valence electrons. The SMILES string of the molecule is CCCCCC(CN(O)C=O)c1nnc(-c2cc3cccc(OC)c3o2)o1. The van der Waals surface area contributed by atoms with E-state index in [4.69, 9.17) is 13.6 Å². The van der Waals surface area contributed by atoms with Gasteiger partial charge in [-0.05, 0) is 18.6 Å². The summed E-state index contributed by atoms with van der Waals surface area (Å²) in [5, 5.41) is 19.2. The Morgan fingerprint density at radius 2 is 2.15 bits per heavy atom. The number of unbranched alkanes of at least 4 members (excludes halogenated alkanes) is 2. The average Bonchev–Trinajstić information content (AvgIpc) is 3.33. The summed E-state index contributed by atoms with van der Waals surface area (Å²) in [6.45, 7) is 2.21. The predicted molar refractivity (Wildman–Crippen MR) is 97.5 cm³/mol. The number of aromatic nitrogens is 2. The van der Waals surface area contributed by atoms with Crippen molar-refractivity contribution in [2.24, 2.45) is 0 Å². The molecule has 0 radical (unpaired) electrons. The minimum atomic E-state index is -0.244. The van der Waals surface area contributed by atoms with Gasteiger partial charge >= 0.3 is 0 Å². The standard InChI is InChI=1S/C19H23N3O5/c1-3-4-5-7-14(11-22(24)12-23)18-20-21-19(27-18)16-10-13-8-6-9-15(25-2)17(13)26-16/h6,8-10,12,14,24H,3-5,7,11H2,1-2H3. The molecule has 1 N–H and O–H groups in total. The number of hydrogen-bond acceptors (Lipinski definition) is 7. The smallest absolute Gasteiger partial charge is 0.283 e. The van der Waals surface area contributed by atoms with Crippen LogP contribution < -0.4 is 4.74 Å². The summed E-state index contributed by atoms with van der Waals surface area (Å²) in [6.07, 6.45) is 4.16. The Morgan fingerprint density at radius 3 is 2.89 bits per heavy atom. The van der Waals surface area contributed by atoms with Crippen molar-refractivity contribution in [2.45, 2.75) is 38.5 Å². The minimum absolute atomic E-state index is 0.100. The molecule has 1 atom stereocenters. The third-order valence-electron chi connectivity index (χ3n) is 4.41. The first kappa shape index (κ1) is 18.9. The van der Waals surface area contributed by atoms with Crippen LogP contribution in [0.2, 0.25) is 0 Å². The van der Waals surface area contributed by atoms with Crippen molar-refractivity contribution in [1.29, 1.82) is 0 Å². The second-order valence-electron chi connectivity index (χ2n) is 6.35. The number of methoxy groups -OCH3 is 1. The number of para-hydroxylation sites is 1. The van der Waals surface area contributed by atoms with E-state index in [0.717, 1.165) is 31.1 Å². The first-order valence-corrected chi connectivity index (χ1v) is 8.97. The first-order valence-electron chi connectivity index (χ1n) is 8.97. The van der Waals surface area contributed by atoms with Gasteiger partial charge in [0.2, 0.25) is 12.3 Å². The van der Waals surface area contributed by atoms with Gasteiger partial charge in [-0.1, -0.05) is 38.3 Å². The van der Waals surface area contributed by atoms with Gasteiger partial charge < -0.3 is 13.6 Å². The van der Waals surface area contributed by atoms with Gasteiger partial charge in [0.05, 0.1) is 19.6 Å². The molecular formula is C19H23N3O5. The van der Waals surface area contributed by atoms with Gasteiger partial charge in [0.25, 0.3) is 5.89 Å². The van der Waals surface area contributed by atoms with Crippen LogP contribution in [0.4, 0.5) is 0 Å². The fourth-order valence-corrected chi connectivity index (χ4v) is 3.00. The van der Waals surface area contributed by atoms with Crippen molar-refractivity contribution in [1.82, 2.24) is 15.3 Å². The predicted octanol–water partition coefficient (Wildman–Crippen LogP) is 4.00. The number of amides is 1. The van der Waals surface area contributed by atoms with Crippen molar-refractivity contribution < 1.29 is 23.6 Å². The molecule has 3 rings (SSSR count). The summed E-state index contributed by atoms with van der Waals surface area (Å²) in [7, 11) is 1.58. The summed E-state index contributed by atoms with van der Waals surface area (Å²) < 4.78 is 16.9. The lowest BCUT2D eigenvalue weighted by atomic mass is 10.0. The number of hydrogen-bond donors (Lipinski definition) is 1. The van der Waals surface area contributed by atoms with Gasteiger partial charge in [-0.15, -0.1) is 10.2 Å². The molecule has 0 spiro atoms. The van der Waals surface area contributed by atoms with Crippen LogP contribution in [0.3, 0.4) is 0 Å². The topological polar surface area (TPSA) is 102 Å². The van der Waals surface area contributed by atoms with Crippen molar-refractivity contribution in [2.75, 3.05) is 13.7 Å². The molecule has 27 heavy (non-hydrogen) atoms. The Hall–Kier alpha value is -2.87. The molecule has 2 aromatic heterocycles.